The lowest BCUT2D eigenvalue weighted by atomic mass is 9.80. The lowest BCUT2D eigenvalue weighted by Crippen LogP contribution is -2.23. The number of hydrogen-bond acceptors (Lipinski definition) is 1. The number of hydrogen-bond donors (Lipinski definition) is 1. The van der Waals surface area contributed by atoms with Gasteiger partial charge in [0.15, 0.2) is 0 Å². The highest BCUT2D eigenvalue weighted by Gasteiger charge is 2.22. The second-order valence-corrected chi connectivity index (χ2v) is 5.49. The highest BCUT2D eigenvalue weighted by Crippen LogP contribution is 2.35. The van der Waals surface area contributed by atoms with Crippen molar-refractivity contribution in [3.8, 4) is 0 Å². The van der Waals surface area contributed by atoms with E-state index in [4.69, 9.17) is 5.73 Å². The van der Waals surface area contributed by atoms with E-state index in [1.54, 1.807) is 0 Å². The smallest absolute Gasteiger partial charge is 0.0329 e. The molecule has 0 bridgehead atoms. The average Bonchev–Trinajstić information content (AvgIpc) is 2.47. The monoisotopic (exact) mass is 239 g/mol. The van der Waals surface area contributed by atoms with Crippen LogP contribution in [0.2, 0.25) is 0 Å². The molecule has 1 fully saturated rings. The number of fused-ring (bicyclic) bond motifs is 1. The summed E-state index contributed by atoms with van der Waals surface area (Å²) >= 11 is 0. The molecule has 1 aliphatic rings. The fourth-order valence-electron chi connectivity index (χ4n) is 3.29. The molecule has 0 radical (unpaired) electrons. The Morgan fingerprint density at radius 1 is 0.889 bits per heavy atom. The normalized spacial score (nSPS) is 18.9. The lowest BCUT2D eigenvalue weighted by molar-refractivity contribution is 0.309. The lowest BCUT2D eigenvalue weighted by Gasteiger charge is -2.28. The summed E-state index contributed by atoms with van der Waals surface area (Å²) < 4.78 is 0. The van der Waals surface area contributed by atoms with Crippen molar-refractivity contribution in [3.63, 3.8) is 0 Å². The van der Waals surface area contributed by atoms with Gasteiger partial charge in [-0.1, -0.05) is 61.7 Å². The summed E-state index contributed by atoms with van der Waals surface area (Å²) in [5, 5.41) is 2.64. The maximum Gasteiger partial charge on any atom is 0.0329 e. The molecule has 0 aromatic heterocycles. The highest BCUT2D eigenvalue weighted by molar-refractivity contribution is 5.86. The van der Waals surface area contributed by atoms with E-state index in [-0.39, 0.29) is 6.04 Å². The van der Waals surface area contributed by atoms with Gasteiger partial charge in [-0.2, -0.15) is 0 Å². The van der Waals surface area contributed by atoms with E-state index < -0.39 is 0 Å². The zero-order valence-corrected chi connectivity index (χ0v) is 10.8. The Morgan fingerprint density at radius 2 is 1.61 bits per heavy atom. The van der Waals surface area contributed by atoms with Gasteiger partial charge in [0.25, 0.3) is 0 Å². The van der Waals surface area contributed by atoms with Crippen LogP contribution in [0.25, 0.3) is 10.8 Å². The van der Waals surface area contributed by atoms with E-state index >= 15 is 0 Å². The molecule has 1 atom stereocenters. The van der Waals surface area contributed by atoms with Crippen molar-refractivity contribution in [3.05, 3.63) is 48.0 Å². The SMILES string of the molecule is N[C@@H](c1cccc2ccccc12)C1CCCCC1. The molecule has 18 heavy (non-hydrogen) atoms. The molecule has 0 heterocycles. The molecule has 3 rings (SSSR count). The summed E-state index contributed by atoms with van der Waals surface area (Å²) in [6, 6.07) is 15.3. The first-order valence-electron chi connectivity index (χ1n) is 7.09. The van der Waals surface area contributed by atoms with Gasteiger partial charge in [-0.3, -0.25) is 0 Å². The molecular weight excluding hydrogens is 218 g/mol. The Labute approximate surface area is 109 Å². The summed E-state index contributed by atoms with van der Waals surface area (Å²) in [6.45, 7) is 0. The molecule has 2 N–H and O–H groups in total. The third-order valence-corrected chi connectivity index (χ3v) is 4.34. The number of rotatable bonds is 2. The number of nitrogens with two attached hydrogens (primary N) is 1. The van der Waals surface area contributed by atoms with Crippen LogP contribution in [0.15, 0.2) is 42.5 Å². The van der Waals surface area contributed by atoms with E-state index in [1.165, 1.54) is 48.4 Å². The summed E-state index contributed by atoms with van der Waals surface area (Å²) in [5.74, 6) is 0.671. The van der Waals surface area contributed by atoms with Crippen molar-refractivity contribution < 1.29 is 0 Å². The van der Waals surface area contributed by atoms with Gasteiger partial charge in [-0.05, 0) is 35.1 Å². The maximum atomic E-state index is 6.54. The van der Waals surface area contributed by atoms with Gasteiger partial charge in [-0.25, -0.2) is 0 Å². The zero-order chi connectivity index (χ0) is 12.4. The van der Waals surface area contributed by atoms with E-state index in [1.807, 2.05) is 0 Å². The van der Waals surface area contributed by atoms with Gasteiger partial charge < -0.3 is 5.73 Å². The molecule has 1 aliphatic carbocycles. The van der Waals surface area contributed by atoms with Crippen LogP contribution < -0.4 is 5.73 Å². The molecule has 94 valence electrons. The number of benzene rings is 2. The summed E-state index contributed by atoms with van der Waals surface area (Å²) in [4.78, 5) is 0. The van der Waals surface area contributed by atoms with Crippen LogP contribution in [0, 0.1) is 5.92 Å². The van der Waals surface area contributed by atoms with Crippen LogP contribution in [0.1, 0.15) is 43.7 Å². The second-order valence-electron chi connectivity index (χ2n) is 5.49. The largest absolute Gasteiger partial charge is 0.324 e. The van der Waals surface area contributed by atoms with E-state index in [2.05, 4.69) is 42.5 Å². The van der Waals surface area contributed by atoms with Crippen molar-refractivity contribution in [1.82, 2.24) is 0 Å². The van der Waals surface area contributed by atoms with Crippen molar-refractivity contribution in [2.45, 2.75) is 38.1 Å². The molecule has 2 aromatic carbocycles. The average molecular weight is 239 g/mol. The minimum Gasteiger partial charge on any atom is -0.324 e. The predicted octanol–water partition coefficient (Wildman–Crippen LogP) is 4.42. The molecule has 0 aliphatic heterocycles. The third kappa shape index (κ3) is 2.15. The molecule has 0 amide bonds. The van der Waals surface area contributed by atoms with Crippen molar-refractivity contribution in [2.24, 2.45) is 11.7 Å². The van der Waals surface area contributed by atoms with Crippen LogP contribution in [0.3, 0.4) is 0 Å². The summed E-state index contributed by atoms with van der Waals surface area (Å²) in [5.41, 5.74) is 7.87. The fraction of sp³-hybridized carbons (Fsp3) is 0.412. The van der Waals surface area contributed by atoms with Crippen LogP contribution >= 0.6 is 0 Å². The van der Waals surface area contributed by atoms with Crippen LogP contribution in [-0.2, 0) is 0 Å². The fourth-order valence-corrected chi connectivity index (χ4v) is 3.29. The molecule has 1 heteroatoms. The molecule has 0 saturated heterocycles. The molecule has 0 unspecified atom stereocenters. The van der Waals surface area contributed by atoms with Gasteiger partial charge in [0.2, 0.25) is 0 Å². The summed E-state index contributed by atoms with van der Waals surface area (Å²) in [7, 11) is 0. The van der Waals surface area contributed by atoms with Crippen LogP contribution in [0.4, 0.5) is 0 Å². The standard InChI is InChI=1S/C17H21N/c18-17(14-8-2-1-3-9-14)16-12-6-10-13-7-4-5-11-15(13)16/h4-7,10-12,14,17H,1-3,8-9,18H2/t17-/m1/s1. The highest BCUT2D eigenvalue weighted by atomic mass is 14.7. The van der Waals surface area contributed by atoms with E-state index in [0.29, 0.717) is 5.92 Å². The van der Waals surface area contributed by atoms with Crippen molar-refractivity contribution in [2.75, 3.05) is 0 Å². The van der Waals surface area contributed by atoms with Gasteiger partial charge in [0.1, 0.15) is 0 Å². The Morgan fingerprint density at radius 3 is 2.44 bits per heavy atom. The Bertz CT molecular complexity index is 521. The minimum atomic E-state index is 0.205. The quantitative estimate of drug-likeness (QED) is 0.824. The Balaban J connectivity index is 1.97. The van der Waals surface area contributed by atoms with Gasteiger partial charge >= 0.3 is 0 Å². The van der Waals surface area contributed by atoms with Crippen molar-refractivity contribution >= 4 is 10.8 Å². The Hall–Kier alpha value is -1.34. The van der Waals surface area contributed by atoms with E-state index in [0.717, 1.165) is 0 Å². The first-order valence-corrected chi connectivity index (χ1v) is 7.09. The molecule has 1 saturated carbocycles. The zero-order valence-electron chi connectivity index (χ0n) is 10.8. The topological polar surface area (TPSA) is 26.0 Å². The molecule has 1 nitrogen and oxygen atoms in total. The first-order chi connectivity index (χ1) is 8.86. The van der Waals surface area contributed by atoms with Gasteiger partial charge in [-0.15, -0.1) is 0 Å². The molecular formula is C17H21N. The maximum absolute atomic E-state index is 6.54. The first kappa shape index (κ1) is 11.7. The van der Waals surface area contributed by atoms with Crippen LogP contribution in [-0.4, -0.2) is 0 Å². The second kappa shape index (κ2) is 5.11. The van der Waals surface area contributed by atoms with Crippen LogP contribution in [0.5, 0.6) is 0 Å². The van der Waals surface area contributed by atoms with Gasteiger partial charge in [0, 0.05) is 6.04 Å². The molecule has 2 aromatic rings. The minimum absolute atomic E-state index is 0.205. The summed E-state index contributed by atoms with van der Waals surface area (Å²) in [6.07, 6.45) is 6.68. The van der Waals surface area contributed by atoms with Crippen molar-refractivity contribution in [1.29, 1.82) is 0 Å². The predicted molar refractivity (Wildman–Crippen MR) is 77.5 cm³/mol. The van der Waals surface area contributed by atoms with Gasteiger partial charge in [0.05, 0.1) is 0 Å². The van der Waals surface area contributed by atoms with E-state index in [9.17, 15) is 0 Å². The molecule has 0 spiro atoms. The Kier molecular flexibility index (Phi) is 3.33. The third-order valence-electron chi connectivity index (χ3n) is 4.34.